The molecule has 38 heavy (non-hydrogen) atoms. The van der Waals surface area contributed by atoms with Crippen molar-refractivity contribution in [2.45, 2.75) is 42.1 Å². The van der Waals surface area contributed by atoms with Crippen molar-refractivity contribution in [3.8, 4) is 5.88 Å². The first-order valence-corrected chi connectivity index (χ1v) is 14.4. The van der Waals surface area contributed by atoms with Crippen LogP contribution in [0, 0.1) is 3.95 Å². The molecule has 4 amide bonds. The van der Waals surface area contributed by atoms with Crippen LogP contribution in [0.3, 0.4) is 0 Å². The van der Waals surface area contributed by atoms with E-state index in [-0.39, 0.29) is 13.8 Å². The third-order valence-electron chi connectivity index (χ3n) is 5.93. The molecule has 3 heterocycles. The molecule has 2 fully saturated rings. The van der Waals surface area contributed by atoms with Crippen molar-refractivity contribution in [3.05, 3.63) is 45.2 Å². The maximum Gasteiger partial charge on any atom is 0.352 e. The molecule has 1 aromatic heterocycles. The number of carboxylic acids is 1. The van der Waals surface area contributed by atoms with E-state index in [1.165, 1.54) is 41.4 Å². The van der Waals surface area contributed by atoms with E-state index in [4.69, 9.17) is 17.4 Å². The molecule has 2 aliphatic heterocycles. The molecule has 14 nitrogen and oxygen atoms in total. The van der Waals surface area contributed by atoms with Crippen molar-refractivity contribution < 1.29 is 37.8 Å². The van der Waals surface area contributed by atoms with Crippen LogP contribution in [0.5, 0.6) is 5.88 Å². The normalized spacial score (nSPS) is 22.7. The lowest BCUT2D eigenvalue weighted by Crippen LogP contribution is -2.71. The van der Waals surface area contributed by atoms with Crippen LogP contribution in [0.1, 0.15) is 25.5 Å². The van der Waals surface area contributed by atoms with Crippen molar-refractivity contribution in [1.82, 2.24) is 19.2 Å². The first-order chi connectivity index (χ1) is 17.6. The molecule has 1 unspecified atom stereocenters. The number of amides is 4. The van der Waals surface area contributed by atoms with Gasteiger partial charge in [0.1, 0.15) is 17.5 Å². The summed E-state index contributed by atoms with van der Waals surface area (Å²) < 4.78 is 25.2. The largest absolute Gasteiger partial charge is 0.493 e. The number of rotatable bonds is 7. The maximum absolute atomic E-state index is 13.6. The molecule has 2 aliphatic rings. The molecule has 0 spiro atoms. The molecule has 0 saturated carbocycles. The Morgan fingerprint density at radius 3 is 2.39 bits per heavy atom. The highest BCUT2D eigenvalue weighted by Crippen LogP contribution is 2.50. The van der Waals surface area contributed by atoms with E-state index in [0.717, 1.165) is 20.9 Å². The molecule has 0 radical (unpaired) electrons. The summed E-state index contributed by atoms with van der Waals surface area (Å²) in [5.41, 5.74) is 2.14. The summed E-state index contributed by atoms with van der Waals surface area (Å²) in [6.45, 7) is 3.32. The van der Waals surface area contributed by atoms with Crippen LogP contribution >= 0.6 is 35.3 Å². The summed E-state index contributed by atoms with van der Waals surface area (Å²) >= 11 is 7.06. The number of aromatic nitrogens is 1. The van der Waals surface area contributed by atoms with Crippen molar-refractivity contribution in [3.63, 3.8) is 0 Å². The van der Waals surface area contributed by atoms with Gasteiger partial charge in [-0.25, -0.2) is 20.2 Å². The van der Waals surface area contributed by atoms with Crippen LogP contribution in [0.25, 0.3) is 0 Å². The third kappa shape index (κ3) is 4.84. The Labute approximate surface area is 229 Å². The number of carbonyl (C=O) groups excluding carboxylic acids is 3. The highest BCUT2D eigenvalue weighted by Gasteiger charge is 2.64. The highest BCUT2D eigenvalue weighted by atomic mass is 32.2. The second kappa shape index (κ2) is 9.84. The number of nitrogens with zero attached hydrogens (tertiary/aromatic N) is 3. The zero-order valence-corrected chi connectivity index (χ0v) is 22.9. The van der Waals surface area contributed by atoms with Gasteiger partial charge in [-0.2, -0.15) is 17.4 Å². The number of carbonyl (C=O) groups is 4. The van der Waals surface area contributed by atoms with Crippen molar-refractivity contribution in [2.75, 3.05) is 5.43 Å². The van der Waals surface area contributed by atoms with Crippen LogP contribution in [-0.2, 0) is 24.6 Å². The number of nitrogens with one attached hydrogen (secondary N) is 2. The number of hydrogen-bond acceptors (Lipinski definition) is 10. The molecule has 6 N–H and O–H groups in total. The number of nitrogens with two attached hydrogens (primary N) is 1. The van der Waals surface area contributed by atoms with Gasteiger partial charge in [-0.1, -0.05) is 30.3 Å². The highest BCUT2D eigenvalue weighted by molar-refractivity contribution is 8.01. The third-order valence-corrected chi connectivity index (χ3v) is 9.61. The Morgan fingerprint density at radius 1 is 1.24 bits per heavy atom. The summed E-state index contributed by atoms with van der Waals surface area (Å²) in [5, 5.41) is 27.8. The quantitative estimate of drug-likeness (QED) is 0.220. The van der Waals surface area contributed by atoms with E-state index in [9.17, 15) is 37.8 Å². The van der Waals surface area contributed by atoms with Gasteiger partial charge in [0.15, 0.2) is 10.00 Å². The summed E-state index contributed by atoms with van der Waals surface area (Å²) in [6, 6.07) is 1.76. The zero-order valence-electron chi connectivity index (χ0n) is 19.7. The number of urea groups is 1. The summed E-state index contributed by atoms with van der Waals surface area (Å²) in [7, 11) is -4.92. The summed E-state index contributed by atoms with van der Waals surface area (Å²) in [6.07, 6.45) is 0. The molecule has 204 valence electrons. The summed E-state index contributed by atoms with van der Waals surface area (Å²) in [4.78, 5) is 52.5. The van der Waals surface area contributed by atoms with Crippen LogP contribution in [0.15, 0.2) is 35.7 Å². The monoisotopic (exact) mass is 602 g/mol. The lowest BCUT2D eigenvalue weighted by Gasteiger charge is -2.44. The molecule has 4 atom stereocenters. The number of thioether (sulfide) groups is 1. The van der Waals surface area contributed by atoms with Crippen molar-refractivity contribution in [1.29, 1.82) is 0 Å². The lowest BCUT2D eigenvalue weighted by molar-refractivity contribution is -0.161. The van der Waals surface area contributed by atoms with Gasteiger partial charge in [-0.15, -0.1) is 23.1 Å². The van der Waals surface area contributed by atoms with Crippen LogP contribution < -0.4 is 15.9 Å². The number of hydrogen-bond donors (Lipinski definition) is 5. The lowest BCUT2D eigenvalue weighted by atomic mass is 9.95. The molecular weight excluding hydrogens is 581 g/mol. The van der Waals surface area contributed by atoms with Gasteiger partial charge < -0.3 is 20.4 Å². The van der Waals surface area contributed by atoms with Gasteiger partial charge >= 0.3 is 22.2 Å². The molecule has 18 heteroatoms. The number of aromatic hydroxyl groups is 1. The van der Waals surface area contributed by atoms with E-state index in [1.54, 1.807) is 19.9 Å². The fraction of sp³-hybridized carbons (Fsp3) is 0.350. The van der Waals surface area contributed by atoms with E-state index in [2.05, 4.69) is 10.7 Å². The van der Waals surface area contributed by atoms with Gasteiger partial charge in [0.05, 0.1) is 5.38 Å². The first kappa shape index (κ1) is 27.8. The Bertz CT molecular complexity index is 1470. The van der Waals surface area contributed by atoms with Crippen LogP contribution in [0.4, 0.5) is 4.79 Å². The first-order valence-electron chi connectivity index (χ1n) is 10.8. The number of aliphatic carboxylic acids is 1. The molecule has 4 rings (SSSR count). The average Bonchev–Trinajstić information content (AvgIpc) is 3.28. The number of thiazole rings is 1. The Morgan fingerprint density at radius 2 is 1.87 bits per heavy atom. The average molecular weight is 603 g/mol. The van der Waals surface area contributed by atoms with E-state index in [0.29, 0.717) is 0 Å². The van der Waals surface area contributed by atoms with Crippen molar-refractivity contribution >= 4 is 69.3 Å². The standard InChI is InChI=1S/C20H22N6O8S4/c1-20(2)13(17(30)31)24-15(29)11(16(24)37-20)22-14(28)12(9-6-4-3-5-7-9)26(38(21,33)34)18(32)23-25-10(27)8-36-19(25)35/h3-8,11-13,16,27H,1-2H3,(H,22,28)(H,23,32)(H,30,31)(H2,21,33,34)/t11-,12?,13+,16-/m1/s1. The fourth-order valence-corrected chi connectivity index (χ4v) is 7.58. The molecule has 2 aromatic rings. The summed E-state index contributed by atoms with van der Waals surface area (Å²) in [5.74, 6) is -3.41. The predicted molar refractivity (Wildman–Crippen MR) is 139 cm³/mol. The topological polar surface area (TPSA) is 204 Å². The van der Waals surface area contributed by atoms with E-state index in [1.807, 2.05) is 0 Å². The molecule has 2 saturated heterocycles. The SMILES string of the molecule is CC1(C)S[C@@H]2[C@H](NC(=O)C(c3ccccc3)N(C(=O)Nn3c(O)csc3=S)S(N)(=O)=O)C(=O)N2[C@H]1C(=O)O. The Hall–Kier alpha value is -3.19. The minimum atomic E-state index is -4.92. The van der Waals surface area contributed by atoms with Crippen LogP contribution in [0.2, 0.25) is 0 Å². The second-order valence-electron chi connectivity index (χ2n) is 8.85. The zero-order chi connectivity index (χ0) is 28.2. The number of benzene rings is 1. The maximum atomic E-state index is 13.6. The molecule has 1 aromatic carbocycles. The number of carboxylic acid groups (broad SMARTS) is 1. The predicted octanol–water partition coefficient (Wildman–Crippen LogP) is 0.527. The Kier molecular flexibility index (Phi) is 7.21. The van der Waals surface area contributed by atoms with Gasteiger partial charge in [-0.3, -0.25) is 9.59 Å². The minimum absolute atomic E-state index is 0.0278. The van der Waals surface area contributed by atoms with Gasteiger partial charge in [0, 0.05) is 4.75 Å². The van der Waals surface area contributed by atoms with E-state index < -0.39 is 68.2 Å². The van der Waals surface area contributed by atoms with Gasteiger partial charge in [0.25, 0.3) is 0 Å². The van der Waals surface area contributed by atoms with E-state index >= 15 is 0 Å². The Balaban J connectivity index is 1.68. The fourth-order valence-electron chi connectivity index (χ4n) is 4.34. The molecule has 0 aliphatic carbocycles. The number of fused-ring (bicyclic) bond motifs is 1. The molecule has 0 bridgehead atoms. The second-order valence-corrected chi connectivity index (χ2v) is 13.5. The van der Waals surface area contributed by atoms with Crippen LogP contribution in [-0.4, -0.2) is 78.5 Å². The number of β-lactam (4-membered cyclic amide) rings is 1. The molecular formula is C20H22N6O8S4. The minimum Gasteiger partial charge on any atom is -0.493 e. The van der Waals surface area contributed by atoms with Gasteiger partial charge in [0.2, 0.25) is 17.7 Å². The van der Waals surface area contributed by atoms with Crippen molar-refractivity contribution in [2.24, 2.45) is 5.14 Å². The smallest absolute Gasteiger partial charge is 0.352 e. The van der Waals surface area contributed by atoms with Gasteiger partial charge in [-0.05, 0) is 31.6 Å².